The largest absolute Gasteiger partial charge is 0.497 e. The number of nitrogens with zero attached hydrogens (tertiary/aromatic N) is 5. The van der Waals surface area contributed by atoms with Gasteiger partial charge in [0.15, 0.2) is 15.3 Å². The molecule has 0 spiro atoms. The minimum atomic E-state index is -0.242. The third-order valence-electron chi connectivity index (χ3n) is 5.25. The van der Waals surface area contributed by atoms with Crippen molar-refractivity contribution in [1.29, 1.82) is 0 Å². The van der Waals surface area contributed by atoms with Crippen LogP contribution in [0.15, 0.2) is 58.0 Å². The van der Waals surface area contributed by atoms with E-state index in [0.29, 0.717) is 27.5 Å². The van der Waals surface area contributed by atoms with E-state index in [-0.39, 0.29) is 30.5 Å². The van der Waals surface area contributed by atoms with Gasteiger partial charge in [-0.2, -0.15) is 0 Å². The van der Waals surface area contributed by atoms with Crippen molar-refractivity contribution in [3.63, 3.8) is 0 Å². The van der Waals surface area contributed by atoms with Crippen LogP contribution in [0, 0.1) is 0 Å². The highest BCUT2D eigenvalue weighted by Crippen LogP contribution is 2.29. The van der Waals surface area contributed by atoms with Crippen molar-refractivity contribution in [2.75, 3.05) is 31.0 Å². The Labute approximate surface area is 238 Å². The second-order valence-corrected chi connectivity index (χ2v) is 11.3. The average Bonchev–Trinajstić information content (AvgIpc) is 3.57. The molecular weight excluding hydrogens is 559 g/mol. The van der Waals surface area contributed by atoms with Crippen LogP contribution in [0.25, 0.3) is 5.69 Å². The number of thioether (sulfide) groups is 2. The number of rotatable bonds is 13. The smallest absolute Gasteiger partial charge is 0.236 e. The van der Waals surface area contributed by atoms with Crippen molar-refractivity contribution < 1.29 is 19.1 Å². The molecule has 2 amide bonds. The number of ether oxygens (including phenoxy) is 2. The Kier molecular flexibility index (Phi) is 10.2. The van der Waals surface area contributed by atoms with E-state index >= 15 is 0 Å². The van der Waals surface area contributed by atoms with E-state index in [1.165, 1.54) is 23.1 Å². The minimum Gasteiger partial charge on any atom is -0.497 e. The molecule has 2 heterocycles. The number of methoxy groups -OCH3 is 2. The van der Waals surface area contributed by atoms with Gasteiger partial charge in [-0.15, -0.1) is 20.4 Å². The van der Waals surface area contributed by atoms with E-state index in [1.807, 2.05) is 55.5 Å². The molecule has 4 rings (SSSR count). The topological polar surface area (TPSA) is 133 Å². The highest BCUT2D eigenvalue weighted by molar-refractivity contribution is 8.01. The lowest BCUT2D eigenvalue weighted by Crippen LogP contribution is -2.26. The molecule has 4 aromatic rings. The van der Waals surface area contributed by atoms with Gasteiger partial charge in [0.1, 0.15) is 11.5 Å². The predicted octanol–water partition coefficient (Wildman–Crippen LogP) is 3.84. The third kappa shape index (κ3) is 7.71. The quantitative estimate of drug-likeness (QED) is 0.176. The molecule has 14 heteroatoms. The maximum absolute atomic E-state index is 12.7. The van der Waals surface area contributed by atoms with E-state index < -0.39 is 0 Å². The standard InChI is InChI=1S/C25H27N7O4S3/c1-4-37-25-31-29-23(39-25)27-22(34)15-38-24-30-28-20(32(24)18-7-5-6-8-19(18)36-3)14-26-21(33)13-16-9-11-17(35-2)12-10-16/h5-12H,4,13-15H2,1-3H3,(H,26,33)(H,27,29,34). The molecule has 0 aliphatic carbocycles. The molecule has 0 atom stereocenters. The lowest BCUT2D eigenvalue weighted by Gasteiger charge is -2.14. The van der Waals surface area contributed by atoms with E-state index in [0.717, 1.165) is 21.4 Å². The first kappa shape index (κ1) is 28.4. The van der Waals surface area contributed by atoms with Crippen LogP contribution < -0.4 is 20.1 Å². The number of amides is 2. The van der Waals surface area contributed by atoms with E-state index in [4.69, 9.17) is 9.47 Å². The van der Waals surface area contributed by atoms with Crippen LogP contribution in [0.4, 0.5) is 5.13 Å². The van der Waals surface area contributed by atoms with Gasteiger partial charge < -0.3 is 14.8 Å². The van der Waals surface area contributed by atoms with Crippen LogP contribution in [-0.2, 0) is 22.6 Å². The molecule has 0 saturated heterocycles. The molecule has 39 heavy (non-hydrogen) atoms. The van der Waals surface area contributed by atoms with Crippen LogP contribution in [0.5, 0.6) is 11.5 Å². The first-order valence-corrected chi connectivity index (χ1v) is 14.7. The van der Waals surface area contributed by atoms with E-state index in [2.05, 4.69) is 31.0 Å². The first-order chi connectivity index (χ1) is 19.0. The number of anilines is 1. The third-order valence-corrected chi connectivity index (χ3v) is 8.03. The highest BCUT2D eigenvalue weighted by atomic mass is 32.2. The van der Waals surface area contributed by atoms with Crippen molar-refractivity contribution >= 4 is 51.8 Å². The second kappa shape index (κ2) is 14.0. The Morgan fingerprint density at radius 1 is 0.949 bits per heavy atom. The van der Waals surface area contributed by atoms with Gasteiger partial charge >= 0.3 is 0 Å². The Morgan fingerprint density at radius 2 is 1.74 bits per heavy atom. The Bertz CT molecular complexity index is 1410. The molecule has 0 radical (unpaired) electrons. The summed E-state index contributed by atoms with van der Waals surface area (Å²) in [6.07, 6.45) is 0.207. The van der Waals surface area contributed by atoms with E-state index in [1.54, 1.807) is 30.5 Å². The molecule has 2 aromatic heterocycles. The number of nitrogens with one attached hydrogen (secondary N) is 2. The van der Waals surface area contributed by atoms with Crippen molar-refractivity contribution in [3.05, 3.63) is 59.9 Å². The fourth-order valence-corrected chi connectivity index (χ4v) is 5.89. The zero-order valence-corrected chi connectivity index (χ0v) is 24.0. The fraction of sp³-hybridized carbons (Fsp3) is 0.280. The van der Waals surface area contributed by atoms with E-state index in [9.17, 15) is 9.59 Å². The zero-order valence-electron chi connectivity index (χ0n) is 21.5. The number of carbonyl (C=O) groups excluding carboxylic acids is 2. The SMILES string of the molecule is CCSc1nnc(NC(=O)CSc2nnc(CNC(=O)Cc3ccc(OC)cc3)n2-c2ccccc2OC)s1. The normalized spacial score (nSPS) is 10.7. The molecule has 204 valence electrons. The maximum Gasteiger partial charge on any atom is 0.236 e. The number of benzene rings is 2. The molecule has 0 aliphatic heterocycles. The lowest BCUT2D eigenvalue weighted by atomic mass is 10.1. The Balaban J connectivity index is 1.46. The van der Waals surface area contributed by atoms with Gasteiger partial charge in [0.05, 0.1) is 38.6 Å². The number of hydrogen-bond donors (Lipinski definition) is 2. The summed E-state index contributed by atoms with van der Waals surface area (Å²) in [7, 11) is 3.17. The maximum atomic E-state index is 12.7. The Morgan fingerprint density at radius 3 is 2.49 bits per heavy atom. The van der Waals surface area contributed by atoms with Gasteiger partial charge in [0.2, 0.25) is 16.9 Å². The summed E-state index contributed by atoms with van der Waals surface area (Å²) in [6.45, 7) is 2.16. The summed E-state index contributed by atoms with van der Waals surface area (Å²) in [5.74, 6) is 2.37. The van der Waals surface area contributed by atoms with Gasteiger partial charge in [-0.3, -0.25) is 19.5 Å². The van der Waals surface area contributed by atoms with Gasteiger partial charge in [0, 0.05) is 0 Å². The molecule has 0 bridgehead atoms. The van der Waals surface area contributed by atoms with Gasteiger partial charge in [-0.05, 0) is 35.6 Å². The average molecular weight is 586 g/mol. The van der Waals surface area contributed by atoms with Gasteiger partial charge in [0.25, 0.3) is 0 Å². The molecular formula is C25H27N7O4S3. The van der Waals surface area contributed by atoms with Crippen molar-refractivity contribution in [3.8, 4) is 17.2 Å². The number of carbonyl (C=O) groups is 2. The van der Waals surface area contributed by atoms with Gasteiger partial charge in [-0.1, -0.05) is 66.0 Å². The minimum absolute atomic E-state index is 0.0763. The van der Waals surface area contributed by atoms with Crippen LogP contribution in [-0.4, -0.2) is 62.5 Å². The predicted molar refractivity (Wildman–Crippen MR) is 152 cm³/mol. The summed E-state index contributed by atoms with van der Waals surface area (Å²) >= 11 is 4.11. The summed E-state index contributed by atoms with van der Waals surface area (Å²) in [5.41, 5.74) is 1.55. The number of aromatic nitrogens is 5. The summed E-state index contributed by atoms with van der Waals surface area (Å²) in [6, 6.07) is 14.7. The fourth-order valence-electron chi connectivity index (χ4n) is 3.46. The zero-order chi connectivity index (χ0) is 27.6. The molecule has 0 aliphatic rings. The van der Waals surface area contributed by atoms with Crippen molar-refractivity contribution in [2.45, 2.75) is 29.4 Å². The van der Waals surface area contributed by atoms with Crippen LogP contribution >= 0.6 is 34.9 Å². The molecule has 0 fully saturated rings. The molecule has 0 unspecified atom stereocenters. The monoisotopic (exact) mass is 585 g/mol. The molecule has 2 aromatic carbocycles. The Hall–Kier alpha value is -3.62. The first-order valence-electron chi connectivity index (χ1n) is 11.9. The van der Waals surface area contributed by atoms with Crippen LogP contribution in [0.2, 0.25) is 0 Å². The van der Waals surface area contributed by atoms with Gasteiger partial charge in [-0.25, -0.2) is 0 Å². The number of para-hydroxylation sites is 2. The highest BCUT2D eigenvalue weighted by Gasteiger charge is 2.19. The molecule has 11 nitrogen and oxygen atoms in total. The van der Waals surface area contributed by atoms with Crippen molar-refractivity contribution in [2.24, 2.45) is 0 Å². The van der Waals surface area contributed by atoms with Crippen molar-refractivity contribution in [1.82, 2.24) is 30.3 Å². The van der Waals surface area contributed by atoms with Crippen LogP contribution in [0.1, 0.15) is 18.3 Å². The lowest BCUT2D eigenvalue weighted by molar-refractivity contribution is -0.120. The number of hydrogen-bond acceptors (Lipinski definition) is 11. The molecule has 2 N–H and O–H groups in total. The molecule has 0 saturated carbocycles. The summed E-state index contributed by atoms with van der Waals surface area (Å²) < 4.78 is 13.3. The summed E-state index contributed by atoms with van der Waals surface area (Å²) in [5, 5.41) is 23.3. The second-order valence-electron chi connectivity index (χ2n) is 7.85. The van der Waals surface area contributed by atoms with Crippen LogP contribution in [0.3, 0.4) is 0 Å². The summed E-state index contributed by atoms with van der Waals surface area (Å²) in [4.78, 5) is 25.3.